The molecule has 11 nitrogen and oxygen atoms in total. The van der Waals surface area contributed by atoms with Crippen molar-refractivity contribution >= 4 is 62.3 Å². The first-order chi connectivity index (χ1) is 13.2. The van der Waals surface area contributed by atoms with E-state index in [4.69, 9.17) is 45.6 Å². The first-order valence-corrected chi connectivity index (χ1v) is 12.6. The molecule has 0 aromatic rings. The average molecular weight is 575 g/mol. The van der Waals surface area contributed by atoms with Crippen molar-refractivity contribution in [2.24, 2.45) is 0 Å². The summed E-state index contributed by atoms with van der Waals surface area (Å²) in [7, 11) is 1.51. The topological polar surface area (TPSA) is 202 Å². The van der Waals surface area contributed by atoms with Crippen molar-refractivity contribution in [3.63, 3.8) is 0 Å². The molecule has 0 aliphatic heterocycles. The Morgan fingerprint density at radius 1 is 1.04 bits per heavy atom. The van der Waals surface area contributed by atoms with Crippen LogP contribution in [0.1, 0.15) is 39.5 Å². The molecule has 16 heteroatoms. The van der Waals surface area contributed by atoms with Crippen LogP contribution < -0.4 is 0 Å². The number of hydrogen-bond donors (Lipinski definition) is 7. The third kappa shape index (κ3) is 381. The number of aliphatic carboxylic acids is 2. The maximum Gasteiger partial charge on any atom is 0 e. The van der Waals surface area contributed by atoms with Crippen LogP contribution in [0.4, 0.5) is 0 Å². The van der Waals surface area contributed by atoms with Crippen LogP contribution in [0.15, 0.2) is 0 Å². The Bertz CT molecular complexity index is 230. The number of carboxylic acids is 2. The second-order valence-corrected chi connectivity index (χ2v) is 7.70. The van der Waals surface area contributed by atoms with Crippen LogP contribution in [0.2, 0.25) is 0 Å². The molecule has 0 bridgehead atoms. The van der Waals surface area contributed by atoms with Gasteiger partial charge in [-0.25, -0.2) is 0 Å². The molecule has 1 unspecified atom stereocenters. The Morgan fingerprint density at radius 2 is 1.25 bits per heavy atom. The third-order valence-corrected chi connectivity index (χ3v) is 2.37. The zero-order chi connectivity index (χ0) is 24.2. The Labute approximate surface area is 202 Å². The van der Waals surface area contributed by atoms with Crippen molar-refractivity contribution in [3.8, 4) is 0 Å². The van der Waals surface area contributed by atoms with Crippen LogP contribution >= 0.6 is 8.13 Å². The third-order valence-electron chi connectivity index (χ3n) is 1.21. The van der Waals surface area contributed by atoms with Gasteiger partial charge in [0.1, 0.15) is 0 Å². The van der Waals surface area contributed by atoms with Gasteiger partial charge in [-0.05, 0) is 19.5 Å². The number of unbranched alkanes of at least 4 members (excludes halogenated alkanes) is 3. The van der Waals surface area contributed by atoms with Gasteiger partial charge < -0.3 is 30.3 Å². The quantitative estimate of drug-likeness (QED) is 0.0624. The second kappa shape index (κ2) is 79.9. The fraction of sp³-hybridized carbons (Fsp3) is 0.833. The molecule has 0 saturated carbocycles. The van der Waals surface area contributed by atoms with E-state index < -0.39 is 11.9 Å². The van der Waals surface area contributed by atoms with Gasteiger partial charge in [0.2, 0.25) is 0 Å². The minimum absolute atomic E-state index is 0. The van der Waals surface area contributed by atoms with E-state index in [1.54, 1.807) is 16.6 Å². The van der Waals surface area contributed by atoms with Crippen molar-refractivity contribution in [1.29, 1.82) is 1.43 Å². The fourth-order valence-corrected chi connectivity index (χ4v) is 0.577. The van der Waals surface area contributed by atoms with Crippen molar-refractivity contribution in [2.75, 3.05) is 27.0 Å². The van der Waals surface area contributed by atoms with E-state index in [2.05, 4.69) is 15.4 Å². The minimum atomic E-state index is -0.833. The molecular formula is C12H34Al2O11PPdSi+. The standard InChI is InChI=1S/C6H14O2.2C2H4O2.CH7OPSi.CH4O.2Al.H2O2.O.Pd/c7-5-3-1-2-4-6-8;2*1-2(3)4;1-3-4-2;1-2;;;1-2;;/h7-8H,1-6H2;2*1H3,(H,3,4);2-3H,4H2,1H3;2H,1H3;;;1-2H;;/q;;;;;;+2;;;/p-1/i;;;2D;;;;;;. The van der Waals surface area contributed by atoms with Gasteiger partial charge in [0.25, 0.3) is 11.9 Å². The van der Waals surface area contributed by atoms with Crippen LogP contribution in [-0.2, 0) is 37.8 Å². The van der Waals surface area contributed by atoms with Crippen molar-refractivity contribution in [1.82, 2.24) is 0 Å². The first-order valence-electron chi connectivity index (χ1n) is 7.64. The second-order valence-electron chi connectivity index (χ2n) is 3.50. The summed E-state index contributed by atoms with van der Waals surface area (Å²) in [6, 6.07) is 0. The molecule has 0 rings (SSSR count). The van der Waals surface area contributed by atoms with E-state index >= 15 is 0 Å². The molecule has 2 radical (unpaired) electrons. The van der Waals surface area contributed by atoms with Crippen LogP contribution in [0, 0.1) is 0 Å². The van der Waals surface area contributed by atoms with Crippen molar-refractivity contribution in [2.45, 2.75) is 39.5 Å². The van der Waals surface area contributed by atoms with Gasteiger partial charge in [-0.1, -0.05) is 12.8 Å². The monoisotopic (exact) mass is 574 g/mol. The van der Waals surface area contributed by atoms with Gasteiger partial charge in [-0.2, -0.15) is 0 Å². The number of aliphatic hydroxyl groups is 3. The smallest absolute Gasteiger partial charge is 0 e. The molecule has 0 aliphatic carbocycles. The molecule has 0 amide bonds. The van der Waals surface area contributed by atoms with Gasteiger partial charge in [0.15, 0.2) is 10.9 Å². The molecule has 172 valence electrons. The predicted molar refractivity (Wildman–Crippen MR) is 108 cm³/mol. The SMILES string of the molecule is CC(=O)O.CC(=O)O.CO.OCCCCCCO.O[O][Al+].[2H]O[SiH2]PC.[O]=[Al].[Pd]. The molecule has 0 aromatic heterocycles. The molecule has 0 heterocycles. The summed E-state index contributed by atoms with van der Waals surface area (Å²) in [5.41, 5.74) is 0. The molecular weight excluding hydrogens is 540 g/mol. The first kappa shape index (κ1) is 46.9. The fourth-order valence-electron chi connectivity index (χ4n) is 0.577. The summed E-state index contributed by atoms with van der Waals surface area (Å²) in [4.78, 5) is 22.1. The molecule has 0 aliphatic rings. The van der Waals surface area contributed by atoms with Crippen LogP contribution in [0.3, 0.4) is 0 Å². The van der Waals surface area contributed by atoms with E-state index in [0.29, 0.717) is 0 Å². The maximum atomic E-state index is 9.00. The normalized spacial score (nSPS) is 7.86. The van der Waals surface area contributed by atoms with Crippen LogP contribution in [0.25, 0.3) is 0 Å². The van der Waals surface area contributed by atoms with Crippen molar-refractivity contribution in [3.05, 3.63) is 0 Å². The van der Waals surface area contributed by atoms with Gasteiger partial charge >= 0.3 is 45.8 Å². The van der Waals surface area contributed by atoms with Crippen LogP contribution in [-0.4, -0.2) is 118 Å². The molecule has 28 heavy (non-hydrogen) atoms. The molecule has 7 N–H and O–H groups in total. The predicted octanol–water partition coefficient (Wildman–Crippen LogP) is -1.34. The zero-order valence-electron chi connectivity index (χ0n) is 17.6. The molecule has 0 fully saturated rings. The Kier molecular flexibility index (Phi) is 134. The number of carbonyl (C=O) groups is 2. The van der Waals surface area contributed by atoms with Gasteiger partial charge in [-0.15, -0.1) is 8.13 Å². The number of rotatable bonds is 7. The van der Waals surface area contributed by atoms with E-state index in [1.807, 2.05) is 0 Å². The summed E-state index contributed by atoms with van der Waals surface area (Å²) in [5, 5.41) is 45.5. The summed E-state index contributed by atoms with van der Waals surface area (Å²) in [5.74, 6) is -1.67. The van der Waals surface area contributed by atoms with Gasteiger partial charge in [0.05, 0.1) is 0 Å². The molecule has 0 spiro atoms. The summed E-state index contributed by atoms with van der Waals surface area (Å²) in [6.07, 6.45) is 3.83. The molecule has 1 atom stereocenters. The Balaban J connectivity index is -0.0000000312. The largest absolute Gasteiger partial charge is 0 e. The Hall–Kier alpha value is 0.874. The Morgan fingerprint density at radius 3 is 1.32 bits per heavy atom. The van der Waals surface area contributed by atoms with Crippen LogP contribution in [0.5, 0.6) is 0 Å². The molecule has 0 saturated heterocycles. The van der Waals surface area contributed by atoms with E-state index in [9.17, 15) is 0 Å². The minimum Gasteiger partial charge on any atom is 0 e. The van der Waals surface area contributed by atoms with E-state index in [0.717, 1.165) is 54.8 Å². The summed E-state index contributed by atoms with van der Waals surface area (Å²) < 4.78 is 17.5. The van der Waals surface area contributed by atoms with Gasteiger partial charge in [-0.3, -0.25) is 9.59 Å². The van der Waals surface area contributed by atoms with Gasteiger partial charge in [0, 0.05) is 54.6 Å². The summed E-state index contributed by atoms with van der Waals surface area (Å²) >= 11 is 2.80. The number of hydrogen-bond acceptors (Lipinski definition) is 9. The molecule has 0 aromatic carbocycles. The summed E-state index contributed by atoms with van der Waals surface area (Å²) in [6.45, 7) is 4.79. The zero-order valence-corrected chi connectivity index (χ0v) is 22.9. The van der Waals surface area contributed by atoms with E-state index in [-0.39, 0.29) is 43.1 Å². The average Bonchev–Trinajstić information content (AvgIpc) is 2.63. The number of aliphatic hydroxyl groups excluding tert-OH is 3. The maximum absolute atomic E-state index is 9.00. The van der Waals surface area contributed by atoms with E-state index in [1.165, 1.54) is 16.2 Å². The number of carboxylic acid groups (broad SMARTS) is 2. The van der Waals surface area contributed by atoms with Crippen molar-refractivity contribution < 1.29 is 73.3 Å².